The van der Waals surface area contributed by atoms with Crippen LogP contribution in [0.25, 0.3) is 0 Å². The maximum Gasteiger partial charge on any atom is 0.337 e. The number of hydrogen-bond acceptors (Lipinski definition) is 4. The molecule has 0 heterocycles. The van der Waals surface area contributed by atoms with Gasteiger partial charge in [0.2, 0.25) is 5.91 Å². The molecule has 1 atom stereocenters. The average Bonchev–Trinajstić information content (AvgIpc) is 2.28. The third kappa shape index (κ3) is 4.14. The summed E-state index contributed by atoms with van der Waals surface area (Å²) in [6.45, 7) is 1.86. The van der Waals surface area contributed by atoms with Crippen molar-refractivity contribution in [2.75, 3.05) is 12.4 Å². The SMILES string of the molecule is COC(=O)c1ccc(NC(C)CC(N)=O)cc1. The van der Waals surface area contributed by atoms with Crippen LogP contribution in [-0.2, 0) is 9.53 Å². The first-order valence-electron chi connectivity index (χ1n) is 5.26. The number of esters is 1. The van der Waals surface area contributed by atoms with Crippen LogP contribution in [0.15, 0.2) is 24.3 Å². The number of ether oxygens (including phenoxy) is 1. The van der Waals surface area contributed by atoms with Gasteiger partial charge in [-0.3, -0.25) is 4.79 Å². The molecule has 92 valence electrons. The fourth-order valence-corrected chi connectivity index (χ4v) is 1.46. The van der Waals surface area contributed by atoms with Crippen LogP contribution in [-0.4, -0.2) is 25.0 Å². The number of methoxy groups -OCH3 is 1. The molecule has 0 aromatic heterocycles. The molecule has 1 unspecified atom stereocenters. The molecule has 1 rings (SSSR count). The summed E-state index contributed by atoms with van der Waals surface area (Å²) in [4.78, 5) is 21.9. The number of amides is 1. The topological polar surface area (TPSA) is 81.4 Å². The van der Waals surface area contributed by atoms with Crippen molar-refractivity contribution < 1.29 is 14.3 Å². The summed E-state index contributed by atoms with van der Waals surface area (Å²) < 4.78 is 4.59. The van der Waals surface area contributed by atoms with Crippen LogP contribution in [0.5, 0.6) is 0 Å². The molecule has 17 heavy (non-hydrogen) atoms. The minimum atomic E-state index is -0.373. The van der Waals surface area contributed by atoms with E-state index in [-0.39, 0.29) is 24.3 Å². The van der Waals surface area contributed by atoms with Gasteiger partial charge in [0.15, 0.2) is 0 Å². The minimum Gasteiger partial charge on any atom is -0.465 e. The predicted molar refractivity (Wildman–Crippen MR) is 64.7 cm³/mol. The lowest BCUT2D eigenvalue weighted by Gasteiger charge is -2.13. The molecule has 0 saturated carbocycles. The molecule has 0 saturated heterocycles. The lowest BCUT2D eigenvalue weighted by Crippen LogP contribution is -2.23. The zero-order chi connectivity index (χ0) is 12.8. The fraction of sp³-hybridized carbons (Fsp3) is 0.333. The lowest BCUT2D eigenvalue weighted by molar-refractivity contribution is -0.118. The minimum absolute atomic E-state index is 0.0449. The molecule has 1 aromatic carbocycles. The molecule has 0 radical (unpaired) electrons. The van der Waals surface area contributed by atoms with Gasteiger partial charge in [-0.1, -0.05) is 0 Å². The predicted octanol–water partition coefficient (Wildman–Crippen LogP) is 1.15. The number of anilines is 1. The van der Waals surface area contributed by atoms with Gasteiger partial charge in [0.05, 0.1) is 12.7 Å². The Morgan fingerprint density at radius 2 is 1.94 bits per heavy atom. The van der Waals surface area contributed by atoms with Gasteiger partial charge < -0.3 is 15.8 Å². The van der Waals surface area contributed by atoms with Gasteiger partial charge in [-0.15, -0.1) is 0 Å². The van der Waals surface area contributed by atoms with Crippen molar-refractivity contribution in [3.8, 4) is 0 Å². The number of rotatable bonds is 5. The van der Waals surface area contributed by atoms with Crippen molar-refractivity contribution in [2.24, 2.45) is 5.73 Å². The van der Waals surface area contributed by atoms with Gasteiger partial charge in [-0.25, -0.2) is 4.79 Å². The van der Waals surface area contributed by atoms with Crippen LogP contribution in [0.4, 0.5) is 5.69 Å². The maximum atomic E-state index is 11.2. The number of hydrogen-bond donors (Lipinski definition) is 2. The molecule has 3 N–H and O–H groups in total. The van der Waals surface area contributed by atoms with E-state index in [1.807, 2.05) is 6.92 Å². The summed E-state index contributed by atoms with van der Waals surface area (Å²) in [5, 5.41) is 3.10. The highest BCUT2D eigenvalue weighted by Gasteiger charge is 2.07. The van der Waals surface area contributed by atoms with E-state index in [0.717, 1.165) is 5.69 Å². The highest BCUT2D eigenvalue weighted by atomic mass is 16.5. The van der Waals surface area contributed by atoms with E-state index in [1.165, 1.54) is 7.11 Å². The van der Waals surface area contributed by atoms with Crippen LogP contribution >= 0.6 is 0 Å². The van der Waals surface area contributed by atoms with Gasteiger partial charge in [0.1, 0.15) is 0 Å². The van der Waals surface area contributed by atoms with Gasteiger partial charge in [0, 0.05) is 18.2 Å². The van der Waals surface area contributed by atoms with E-state index in [0.29, 0.717) is 5.56 Å². The second-order valence-electron chi connectivity index (χ2n) is 3.78. The third-order valence-electron chi connectivity index (χ3n) is 2.23. The monoisotopic (exact) mass is 236 g/mol. The Labute approximate surface area is 99.9 Å². The Bertz CT molecular complexity index is 401. The van der Waals surface area contributed by atoms with Crippen LogP contribution in [0.1, 0.15) is 23.7 Å². The second kappa shape index (κ2) is 5.89. The summed E-state index contributed by atoms with van der Waals surface area (Å²) in [5.41, 5.74) is 6.40. The molecule has 0 aliphatic heterocycles. The standard InChI is InChI=1S/C12H16N2O3/c1-8(7-11(13)15)14-10-5-3-9(4-6-10)12(16)17-2/h3-6,8,14H,7H2,1-2H3,(H2,13,15). The first-order valence-corrected chi connectivity index (χ1v) is 5.26. The van der Waals surface area contributed by atoms with Gasteiger partial charge in [0.25, 0.3) is 0 Å². The number of nitrogens with one attached hydrogen (secondary N) is 1. The van der Waals surface area contributed by atoms with E-state index >= 15 is 0 Å². The largest absolute Gasteiger partial charge is 0.465 e. The van der Waals surface area contributed by atoms with E-state index in [9.17, 15) is 9.59 Å². The van der Waals surface area contributed by atoms with Crippen molar-refractivity contribution >= 4 is 17.6 Å². The van der Waals surface area contributed by atoms with Crippen LogP contribution in [0, 0.1) is 0 Å². The highest BCUT2D eigenvalue weighted by Crippen LogP contribution is 2.12. The molecule has 0 aliphatic carbocycles. The maximum absolute atomic E-state index is 11.2. The molecule has 0 aliphatic rings. The number of benzene rings is 1. The zero-order valence-corrected chi connectivity index (χ0v) is 9.90. The Balaban J connectivity index is 2.62. The Morgan fingerprint density at radius 3 is 2.41 bits per heavy atom. The van der Waals surface area contributed by atoms with Crippen molar-refractivity contribution in [1.29, 1.82) is 0 Å². The first-order chi connectivity index (χ1) is 8.02. The van der Waals surface area contributed by atoms with E-state index in [4.69, 9.17) is 5.73 Å². The first kappa shape index (κ1) is 13.0. The van der Waals surface area contributed by atoms with Gasteiger partial charge in [-0.05, 0) is 31.2 Å². The fourth-order valence-electron chi connectivity index (χ4n) is 1.46. The van der Waals surface area contributed by atoms with Crippen LogP contribution < -0.4 is 11.1 Å². The summed E-state index contributed by atoms with van der Waals surface area (Å²) in [6.07, 6.45) is 0.263. The molecular weight excluding hydrogens is 220 g/mol. The third-order valence-corrected chi connectivity index (χ3v) is 2.23. The second-order valence-corrected chi connectivity index (χ2v) is 3.78. The highest BCUT2D eigenvalue weighted by molar-refractivity contribution is 5.89. The van der Waals surface area contributed by atoms with Gasteiger partial charge >= 0.3 is 5.97 Å². The normalized spacial score (nSPS) is 11.6. The Morgan fingerprint density at radius 1 is 1.35 bits per heavy atom. The van der Waals surface area contributed by atoms with Crippen molar-refractivity contribution in [1.82, 2.24) is 0 Å². The smallest absolute Gasteiger partial charge is 0.337 e. The number of carbonyl (C=O) groups excluding carboxylic acids is 2. The summed E-state index contributed by atoms with van der Waals surface area (Å²) >= 11 is 0. The summed E-state index contributed by atoms with van der Waals surface area (Å²) in [7, 11) is 1.34. The van der Waals surface area contributed by atoms with Crippen LogP contribution in [0.2, 0.25) is 0 Å². The number of primary amides is 1. The van der Waals surface area contributed by atoms with E-state index in [1.54, 1.807) is 24.3 Å². The Kier molecular flexibility index (Phi) is 4.51. The lowest BCUT2D eigenvalue weighted by atomic mass is 10.1. The summed E-state index contributed by atoms with van der Waals surface area (Å²) in [5.74, 6) is -0.724. The molecule has 0 bridgehead atoms. The molecule has 1 aromatic rings. The Hall–Kier alpha value is -2.04. The van der Waals surface area contributed by atoms with E-state index in [2.05, 4.69) is 10.1 Å². The van der Waals surface area contributed by atoms with Gasteiger partial charge in [-0.2, -0.15) is 0 Å². The number of nitrogens with two attached hydrogens (primary N) is 1. The van der Waals surface area contributed by atoms with E-state index < -0.39 is 0 Å². The number of carbonyl (C=O) groups is 2. The van der Waals surface area contributed by atoms with Crippen molar-refractivity contribution in [3.63, 3.8) is 0 Å². The molecule has 0 fully saturated rings. The summed E-state index contributed by atoms with van der Waals surface area (Å²) in [6, 6.07) is 6.78. The molecule has 5 nitrogen and oxygen atoms in total. The van der Waals surface area contributed by atoms with Crippen molar-refractivity contribution in [3.05, 3.63) is 29.8 Å². The zero-order valence-electron chi connectivity index (χ0n) is 9.90. The van der Waals surface area contributed by atoms with Crippen LogP contribution in [0.3, 0.4) is 0 Å². The molecule has 1 amide bonds. The average molecular weight is 236 g/mol. The molecular formula is C12H16N2O3. The quantitative estimate of drug-likeness (QED) is 0.751. The molecule has 5 heteroatoms. The molecule has 0 spiro atoms. The van der Waals surface area contributed by atoms with Crippen molar-refractivity contribution in [2.45, 2.75) is 19.4 Å².